The number of phenolic OH excluding ortho intramolecular Hbond substituents is 1. The molecule has 4 heteroatoms. The van der Waals surface area contributed by atoms with Crippen LogP contribution in [0.2, 0.25) is 0 Å². The van der Waals surface area contributed by atoms with Crippen molar-refractivity contribution in [2.45, 2.75) is 32.6 Å². The molecule has 1 saturated heterocycles. The molecule has 0 amide bonds. The minimum Gasteiger partial charge on any atom is -0.508 e. The number of hydrogen-bond acceptors (Lipinski definition) is 3. The fraction of sp³-hybridized carbons (Fsp3) is 0.538. The summed E-state index contributed by atoms with van der Waals surface area (Å²) in [5.74, 6) is 0.317. The topological polar surface area (TPSA) is 32.7 Å². The summed E-state index contributed by atoms with van der Waals surface area (Å²) in [6, 6.07) is 5.39. The van der Waals surface area contributed by atoms with Crippen LogP contribution < -0.4 is 0 Å². The van der Waals surface area contributed by atoms with E-state index in [0.29, 0.717) is 5.75 Å². The third-order valence-corrected chi connectivity index (χ3v) is 3.69. The molecular formula is C13H18BrNO2. The van der Waals surface area contributed by atoms with Crippen LogP contribution in [0.5, 0.6) is 5.75 Å². The first-order chi connectivity index (χ1) is 8.04. The maximum absolute atomic E-state index is 9.51. The summed E-state index contributed by atoms with van der Waals surface area (Å²) in [5, 5.41) is 9.51. The van der Waals surface area contributed by atoms with E-state index in [2.05, 4.69) is 34.7 Å². The van der Waals surface area contributed by atoms with Gasteiger partial charge in [0.05, 0.1) is 12.2 Å². The Kier molecular flexibility index (Phi) is 4.07. The summed E-state index contributed by atoms with van der Waals surface area (Å²) in [6.45, 7) is 6.91. The van der Waals surface area contributed by atoms with Gasteiger partial charge >= 0.3 is 0 Å². The lowest BCUT2D eigenvalue weighted by Gasteiger charge is -2.35. The van der Waals surface area contributed by atoms with E-state index in [1.54, 1.807) is 6.07 Å². The molecule has 0 saturated carbocycles. The van der Waals surface area contributed by atoms with Crippen LogP contribution in [0.4, 0.5) is 0 Å². The van der Waals surface area contributed by atoms with Crippen LogP contribution in [0, 0.1) is 0 Å². The second-order valence-corrected chi connectivity index (χ2v) is 5.58. The number of ether oxygens (including phenoxy) is 1. The third-order valence-electron chi connectivity index (χ3n) is 2.92. The highest BCUT2D eigenvalue weighted by molar-refractivity contribution is 9.10. The molecule has 1 aliphatic rings. The van der Waals surface area contributed by atoms with Gasteiger partial charge in [0.2, 0.25) is 0 Å². The Morgan fingerprint density at radius 1 is 1.35 bits per heavy atom. The van der Waals surface area contributed by atoms with E-state index >= 15 is 0 Å². The van der Waals surface area contributed by atoms with Gasteiger partial charge in [0.25, 0.3) is 0 Å². The van der Waals surface area contributed by atoms with Gasteiger partial charge in [0, 0.05) is 24.1 Å². The maximum Gasteiger partial charge on any atom is 0.115 e. The molecule has 0 unspecified atom stereocenters. The summed E-state index contributed by atoms with van der Waals surface area (Å²) in [5.41, 5.74) is 1.12. The molecule has 1 N–H and O–H groups in total. The molecule has 1 heterocycles. The second-order valence-electron chi connectivity index (χ2n) is 4.73. The third kappa shape index (κ3) is 3.44. The van der Waals surface area contributed by atoms with Gasteiger partial charge in [-0.25, -0.2) is 0 Å². The number of morpholine rings is 1. The van der Waals surface area contributed by atoms with E-state index in [0.717, 1.165) is 29.7 Å². The summed E-state index contributed by atoms with van der Waals surface area (Å²) in [6.07, 6.45) is 0.546. The van der Waals surface area contributed by atoms with Crippen molar-refractivity contribution < 1.29 is 9.84 Å². The Bertz CT molecular complexity index is 387. The maximum atomic E-state index is 9.51. The molecular weight excluding hydrogens is 282 g/mol. The van der Waals surface area contributed by atoms with E-state index in [1.807, 2.05) is 12.1 Å². The molecule has 3 nitrogen and oxygen atoms in total. The first kappa shape index (κ1) is 12.9. The van der Waals surface area contributed by atoms with E-state index in [4.69, 9.17) is 4.74 Å². The van der Waals surface area contributed by atoms with Crippen LogP contribution in [0.15, 0.2) is 22.7 Å². The van der Waals surface area contributed by atoms with Crippen molar-refractivity contribution in [1.82, 2.24) is 4.90 Å². The highest BCUT2D eigenvalue weighted by atomic mass is 79.9. The van der Waals surface area contributed by atoms with Crippen molar-refractivity contribution in [2.75, 3.05) is 13.1 Å². The summed E-state index contributed by atoms with van der Waals surface area (Å²) < 4.78 is 6.75. The average molecular weight is 300 g/mol. The molecule has 2 rings (SSSR count). The smallest absolute Gasteiger partial charge is 0.115 e. The normalized spacial score (nSPS) is 26.1. The van der Waals surface area contributed by atoms with Crippen molar-refractivity contribution in [1.29, 1.82) is 0 Å². The number of halogens is 1. The molecule has 1 aliphatic heterocycles. The van der Waals surface area contributed by atoms with Gasteiger partial charge in [-0.15, -0.1) is 0 Å². The fourth-order valence-electron chi connectivity index (χ4n) is 2.34. The number of phenols is 1. The highest BCUT2D eigenvalue weighted by Gasteiger charge is 2.22. The molecule has 0 aromatic heterocycles. The van der Waals surface area contributed by atoms with E-state index in [1.165, 1.54) is 0 Å². The Labute approximate surface area is 111 Å². The van der Waals surface area contributed by atoms with Crippen LogP contribution in [0.3, 0.4) is 0 Å². The zero-order valence-electron chi connectivity index (χ0n) is 10.2. The molecule has 0 bridgehead atoms. The van der Waals surface area contributed by atoms with Gasteiger partial charge in [-0.2, -0.15) is 0 Å². The summed E-state index contributed by atoms with van der Waals surface area (Å²) >= 11 is 3.52. The number of rotatable bonds is 2. The Balaban J connectivity index is 2.07. The standard InChI is InChI=1S/C13H18BrNO2/c1-9-6-15(7-10(2)17-9)8-11-5-12(16)3-4-13(11)14/h3-5,9-10,16H,6-8H2,1-2H3/t9-,10+. The molecule has 94 valence electrons. The molecule has 0 radical (unpaired) electrons. The number of hydrogen-bond donors (Lipinski definition) is 1. The molecule has 2 atom stereocenters. The lowest BCUT2D eigenvalue weighted by Crippen LogP contribution is -2.44. The largest absolute Gasteiger partial charge is 0.508 e. The van der Waals surface area contributed by atoms with E-state index in [-0.39, 0.29) is 12.2 Å². The number of benzene rings is 1. The Morgan fingerprint density at radius 2 is 2.00 bits per heavy atom. The lowest BCUT2D eigenvalue weighted by molar-refractivity contribution is -0.0705. The molecule has 0 spiro atoms. The zero-order chi connectivity index (χ0) is 12.4. The number of nitrogens with zero attached hydrogens (tertiary/aromatic N) is 1. The predicted octanol–water partition coefficient (Wildman–Crippen LogP) is 2.76. The van der Waals surface area contributed by atoms with Crippen molar-refractivity contribution in [3.8, 4) is 5.75 Å². The van der Waals surface area contributed by atoms with Crippen molar-refractivity contribution in [3.05, 3.63) is 28.2 Å². The lowest BCUT2D eigenvalue weighted by atomic mass is 10.1. The van der Waals surface area contributed by atoms with Gasteiger partial charge in [-0.1, -0.05) is 15.9 Å². The predicted molar refractivity (Wildman–Crippen MR) is 71.1 cm³/mol. The van der Waals surface area contributed by atoms with Crippen molar-refractivity contribution in [2.24, 2.45) is 0 Å². The minimum atomic E-state index is 0.273. The Hall–Kier alpha value is -0.580. The van der Waals surface area contributed by atoms with Crippen molar-refractivity contribution >= 4 is 15.9 Å². The minimum absolute atomic E-state index is 0.273. The van der Waals surface area contributed by atoms with E-state index in [9.17, 15) is 5.11 Å². The van der Waals surface area contributed by atoms with Gasteiger partial charge < -0.3 is 9.84 Å². The molecule has 17 heavy (non-hydrogen) atoms. The highest BCUT2D eigenvalue weighted by Crippen LogP contribution is 2.24. The summed E-state index contributed by atoms with van der Waals surface area (Å²) in [7, 11) is 0. The molecule has 1 fully saturated rings. The van der Waals surface area contributed by atoms with Crippen LogP contribution in [0.25, 0.3) is 0 Å². The van der Waals surface area contributed by atoms with Crippen LogP contribution >= 0.6 is 15.9 Å². The molecule has 1 aromatic rings. The Morgan fingerprint density at radius 3 is 2.65 bits per heavy atom. The van der Waals surface area contributed by atoms with Crippen molar-refractivity contribution in [3.63, 3.8) is 0 Å². The summed E-state index contributed by atoms with van der Waals surface area (Å²) in [4.78, 5) is 2.36. The zero-order valence-corrected chi connectivity index (χ0v) is 11.8. The quantitative estimate of drug-likeness (QED) is 0.911. The van der Waals surface area contributed by atoms with Gasteiger partial charge in [0.15, 0.2) is 0 Å². The molecule has 0 aliphatic carbocycles. The SMILES string of the molecule is C[C@@H]1CN(Cc2cc(O)ccc2Br)C[C@H](C)O1. The van der Waals surface area contributed by atoms with E-state index < -0.39 is 0 Å². The first-order valence-electron chi connectivity index (χ1n) is 5.90. The second kappa shape index (κ2) is 5.38. The molecule has 1 aromatic carbocycles. The monoisotopic (exact) mass is 299 g/mol. The average Bonchev–Trinajstić information content (AvgIpc) is 2.22. The van der Waals surface area contributed by atoms with Crippen LogP contribution in [-0.4, -0.2) is 35.3 Å². The van der Waals surface area contributed by atoms with Crippen LogP contribution in [0.1, 0.15) is 19.4 Å². The van der Waals surface area contributed by atoms with Crippen LogP contribution in [-0.2, 0) is 11.3 Å². The van der Waals surface area contributed by atoms with Gasteiger partial charge in [0.1, 0.15) is 5.75 Å². The number of aromatic hydroxyl groups is 1. The first-order valence-corrected chi connectivity index (χ1v) is 6.69. The van der Waals surface area contributed by atoms with Gasteiger partial charge in [-0.3, -0.25) is 4.90 Å². The van der Waals surface area contributed by atoms with Gasteiger partial charge in [-0.05, 0) is 37.6 Å². The fourth-order valence-corrected chi connectivity index (χ4v) is 2.71.